The molecule has 1 aliphatic rings. The summed E-state index contributed by atoms with van der Waals surface area (Å²) in [6.45, 7) is 0. The van der Waals surface area contributed by atoms with Gasteiger partial charge in [0.15, 0.2) is 0 Å². The Morgan fingerprint density at radius 1 is 1.15 bits per heavy atom. The summed E-state index contributed by atoms with van der Waals surface area (Å²) in [5.74, 6) is 0.0438. The van der Waals surface area contributed by atoms with Crippen LogP contribution in [0.3, 0.4) is 0 Å². The predicted octanol–water partition coefficient (Wildman–Crippen LogP) is 5.04. The van der Waals surface area contributed by atoms with Crippen molar-refractivity contribution in [2.75, 3.05) is 0 Å². The molecule has 3 N–H and O–H groups in total. The zero-order chi connectivity index (χ0) is 18.4. The molecule has 0 saturated carbocycles. The Labute approximate surface area is 161 Å². The van der Waals surface area contributed by atoms with Crippen LogP contribution in [0.2, 0.25) is 5.02 Å². The summed E-state index contributed by atoms with van der Waals surface area (Å²) >= 11 is 6.36. The molecule has 1 aliphatic carbocycles. The maximum absolute atomic E-state index is 12.7. The average Bonchev–Trinajstić information content (AvgIpc) is 3.25. The number of nitrogens with one attached hydrogen (secondary N) is 3. The van der Waals surface area contributed by atoms with Gasteiger partial charge >= 0.3 is 0 Å². The first-order valence-corrected chi connectivity index (χ1v) is 9.72. The minimum atomic E-state index is 0.00919. The zero-order valence-corrected chi connectivity index (χ0v) is 15.6. The first-order valence-electron chi connectivity index (χ1n) is 9.34. The van der Waals surface area contributed by atoms with Crippen LogP contribution < -0.4 is 5.32 Å². The van der Waals surface area contributed by atoms with Crippen molar-refractivity contribution in [2.24, 2.45) is 0 Å². The van der Waals surface area contributed by atoms with Crippen LogP contribution in [0.25, 0.3) is 21.8 Å². The van der Waals surface area contributed by atoms with Crippen molar-refractivity contribution in [3.63, 3.8) is 0 Å². The molecule has 0 aliphatic heterocycles. The smallest absolute Gasteiger partial charge is 0.225 e. The van der Waals surface area contributed by atoms with Crippen LogP contribution >= 0.6 is 11.6 Å². The Bertz CT molecular complexity index is 1160. The van der Waals surface area contributed by atoms with Gasteiger partial charge in [-0.3, -0.25) is 4.79 Å². The summed E-state index contributed by atoms with van der Waals surface area (Å²) in [7, 11) is 0. The van der Waals surface area contributed by atoms with Crippen molar-refractivity contribution in [3.05, 3.63) is 70.5 Å². The minimum Gasteiger partial charge on any atom is -0.361 e. The molecule has 0 fully saturated rings. The Morgan fingerprint density at radius 3 is 2.93 bits per heavy atom. The summed E-state index contributed by atoms with van der Waals surface area (Å²) in [4.78, 5) is 19.5. The Kier molecular flexibility index (Phi) is 3.94. The lowest BCUT2D eigenvalue weighted by Crippen LogP contribution is -2.32. The van der Waals surface area contributed by atoms with Gasteiger partial charge in [0.2, 0.25) is 5.91 Å². The molecule has 5 heteroatoms. The molecule has 2 aromatic carbocycles. The highest BCUT2D eigenvalue weighted by atomic mass is 35.5. The molecule has 0 radical (unpaired) electrons. The summed E-state index contributed by atoms with van der Waals surface area (Å²) < 4.78 is 0. The highest BCUT2D eigenvalue weighted by Gasteiger charge is 2.26. The minimum absolute atomic E-state index is 0.00919. The Balaban J connectivity index is 1.41. The summed E-state index contributed by atoms with van der Waals surface area (Å²) in [6, 6.07) is 14.1. The number of carbonyl (C=O) groups is 1. The van der Waals surface area contributed by atoms with E-state index in [-0.39, 0.29) is 11.9 Å². The van der Waals surface area contributed by atoms with Gasteiger partial charge in [0, 0.05) is 28.2 Å². The van der Waals surface area contributed by atoms with E-state index < -0.39 is 0 Å². The normalized spacial score (nSPS) is 16.6. The number of hydrogen-bond donors (Lipinski definition) is 3. The fraction of sp³-hybridized carbons (Fsp3) is 0.227. The van der Waals surface area contributed by atoms with Crippen LogP contribution in [0.5, 0.6) is 0 Å². The van der Waals surface area contributed by atoms with Gasteiger partial charge in [-0.2, -0.15) is 0 Å². The Morgan fingerprint density at radius 2 is 2.00 bits per heavy atom. The molecule has 0 saturated heterocycles. The lowest BCUT2D eigenvalue weighted by atomic mass is 9.91. The molecule has 0 unspecified atom stereocenters. The standard InChI is InChI=1S/C22H20ClN3O/c23-17-8-3-6-15-16-7-4-10-19(22(16)26-21(15)17)25-20(27)11-13-12-24-18-9-2-1-5-14(13)18/h1-3,5-6,8-9,12,19,24,26H,4,7,10-11H2,(H,25,27)/t19-/m0/s1. The van der Waals surface area contributed by atoms with E-state index in [4.69, 9.17) is 11.6 Å². The lowest BCUT2D eigenvalue weighted by molar-refractivity contribution is -0.121. The first-order chi connectivity index (χ1) is 13.2. The van der Waals surface area contributed by atoms with Crippen molar-refractivity contribution >= 4 is 39.3 Å². The molecule has 4 nitrogen and oxygen atoms in total. The number of amides is 1. The number of aromatic amines is 2. The number of aryl methyl sites for hydroxylation is 1. The zero-order valence-electron chi connectivity index (χ0n) is 14.8. The molecule has 1 atom stereocenters. The molecule has 27 heavy (non-hydrogen) atoms. The van der Waals surface area contributed by atoms with E-state index in [0.717, 1.165) is 52.0 Å². The monoisotopic (exact) mass is 377 g/mol. The molecule has 1 amide bonds. The predicted molar refractivity (Wildman–Crippen MR) is 109 cm³/mol. The number of hydrogen-bond acceptors (Lipinski definition) is 1. The van der Waals surface area contributed by atoms with Crippen LogP contribution in [-0.2, 0) is 17.6 Å². The van der Waals surface area contributed by atoms with Crippen LogP contribution in [0.15, 0.2) is 48.7 Å². The van der Waals surface area contributed by atoms with Gasteiger partial charge in [0.1, 0.15) is 0 Å². The van der Waals surface area contributed by atoms with Crippen molar-refractivity contribution in [3.8, 4) is 0 Å². The molecule has 4 aromatic rings. The number of H-pyrrole nitrogens is 2. The van der Waals surface area contributed by atoms with E-state index in [2.05, 4.69) is 21.4 Å². The second-order valence-electron chi connectivity index (χ2n) is 7.23. The van der Waals surface area contributed by atoms with Gasteiger partial charge in [-0.1, -0.05) is 41.9 Å². The van der Waals surface area contributed by atoms with Crippen LogP contribution in [0, 0.1) is 0 Å². The van der Waals surface area contributed by atoms with E-state index in [1.165, 1.54) is 10.9 Å². The molecule has 136 valence electrons. The fourth-order valence-corrected chi connectivity index (χ4v) is 4.51. The summed E-state index contributed by atoms with van der Waals surface area (Å²) in [5.41, 5.74) is 5.46. The van der Waals surface area contributed by atoms with Crippen LogP contribution in [0.4, 0.5) is 0 Å². The number of aromatic nitrogens is 2. The average molecular weight is 378 g/mol. The highest BCUT2D eigenvalue weighted by Crippen LogP contribution is 2.37. The number of carbonyl (C=O) groups excluding carboxylic acids is 1. The lowest BCUT2D eigenvalue weighted by Gasteiger charge is -2.23. The molecule has 0 spiro atoms. The second kappa shape index (κ2) is 6.46. The maximum atomic E-state index is 12.7. The van der Waals surface area contributed by atoms with E-state index in [9.17, 15) is 4.79 Å². The van der Waals surface area contributed by atoms with Crippen molar-refractivity contribution in [1.29, 1.82) is 0 Å². The molecule has 2 heterocycles. The number of halogens is 1. The number of rotatable bonds is 3. The molecule has 2 aromatic heterocycles. The number of benzene rings is 2. The van der Waals surface area contributed by atoms with Crippen molar-refractivity contribution < 1.29 is 4.79 Å². The Hall–Kier alpha value is -2.72. The second-order valence-corrected chi connectivity index (χ2v) is 7.64. The largest absolute Gasteiger partial charge is 0.361 e. The van der Waals surface area contributed by atoms with Gasteiger partial charge in [-0.05, 0) is 42.5 Å². The maximum Gasteiger partial charge on any atom is 0.225 e. The van der Waals surface area contributed by atoms with Crippen LogP contribution in [-0.4, -0.2) is 15.9 Å². The first kappa shape index (κ1) is 16.5. The van der Waals surface area contributed by atoms with Crippen molar-refractivity contribution in [1.82, 2.24) is 15.3 Å². The topological polar surface area (TPSA) is 60.7 Å². The summed E-state index contributed by atoms with van der Waals surface area (Å²) in [5, 5.41) is 6.24. The SMILES string of the molecule is O=C(Cc1c[nH]c2ccccc12)N[C@H]1CCCc2c1[nH]c1c(Cl)cccc21. The summed E-state index contributed by atoms with van der Waals surface area (Å²) in [6.07, 6.45) is 5.32. The third kappa shape index (κ3) is 2.81. The number of fused-ring (bicyclic) bond motifs is 4. The third-order valence-electron chi connectivity index (χ3n) is 5.55. The quantitative estimate of drug-likeness (QED) is 0.460. The van der Waals surface area contributed by atoms with E-state index >= 15 is 0 Å². The fourth-order valence-electron chi connectivity index (χ4n) is 4.29. The van der Waals surface area contributed by atoms with Crippen LogP contribution in [0.1, 0.15) is 35.7 Å². The molecular weight excluding hydrogens is 358 g/mol. The van der Waals surface area contributed by atoms with Gasteiger partial charge < -0.3 is 15.3 Å². The van der Waals surface area contributed by atoms with E-state index in [0.29, 0.717) is 6.42 Å². The van der Waals surface area contributed by atoms with E-state index in [1.807, 2.05) is 42.6 Å². The van der Waals surface area contributed by atoms with E-state index in [1.54, 1.807) is 0 Å². The van der Waals surface area contributed by atoms with Gasteiger partial charge in [0.05, 0.1) is 23.0 Å². The van der Waals surface area contributed by atoms with Gasteiger partial charge in [0.25, 0.3) is 0 Å². The van der Waals surface area contributed by atoms with Gasteiger partial charge in [-0.25, -0.2) is 0 Å². The third-order valence-corrected chi connectivity index (χ3v) is 5.87. The molecular formula is C22H20ClN3O. The van der Waals surface area contributed by atoms with Gasteiger partial charge in [-0.15, -0.1) is 0 Å². The number of para-hydroxylation sites is 2. The highest BCUT2D eigenvalue weighted by molar-refractivity contribution is 6.35. The van der Waals surface area contributed by atoms with Crippen molar-refractivity contribution in [2.45, 2.75) is 31.7 Å². The molecule has 0 bridgehead atoms. The molecule has 5 rings (SSSR count).